The Labute approximate surface area is 186 Å². The highest BCUT2D eigenvalue weighted by atomic mass is 32.2. The zero-order valence-electron chi connectivity index (χ0n) is 16.6. The molecule has 1 amide bonds. The number of esters is 1. The van der Waals surface area contributed by atoms with Crippen LogP contribution in [0, 0.1) is 5.82 Å². The van der Waals surface area contributed by atoms with Crippen molar-refractivity contribution >= 4 is 40.9 Å². The number of aromatic amines is 1. The molecule has 0 aliphatic heterocycles. The number of imidazole rings is 1. The van der Waals surface area contributed by atoms with Crippen LogP contribution in [-0.4, -0.2) is 33.8 Å². The molecule has 2 N–H and O–H groups in total. The molecule has 0 bridgehead atoms. The number of amides is 1. The molecule has 160 valence electrons. The van der Waals surface area contributed by atoms with Gasteiger partial charge >= 0.3 is 5.97 Å². The summed E-state index contributed by atoms with van der Waals surface area (Å²) in [6.07, 6.45) is 1.48. The Balaban J connectivity index is 1.24. The highest BCUT2D eigenvalue weighted by Gasteiger charge is 2.09. The molecule has 1 aromatic heterocycles. The number of para-hydroxylation sites is 2. The molecule has 4 aromatic rings. The Kier molecular flexibility index (Phi) is 6.57. The normalized spacial score (nSPS) is 11.0. The Morgan fingerprint density at radius 1 is 1.06 bits per heavy atom. The van der Waals surface area contributed by atoms with Crippen molar-refractivity contribution < 1.29 is 18.7 Å². The van der Waals surface area contributed by atoms with Crippen molar-refractivity contribution in [3.05, 3.63) is 89.7 Å². The molecule has 0 aliphatic carbocycles. The molecule has 9 heteroatoms. The molecule has 3 aromatic carbocycles. The van der Waals surface area contributed by atoms with E-state index in [4.69, 9.17) is 4.74 Å². The average Bonchev–Trinajstić information content (AvgIpc) is 3.22. The maximum atomic E-state index is 12.9. The number of carbonyl (C=O) groups is 2. The predicted octanol–water partition coefficient (Wildman–Crippen LogP) is 4.16. The number of hydrogen-bond donors (Lipinski definition) is 2. The van der Waals surface area contributed by atoms with Crippen molar-refractivity contribution in [1.29, 1.82) is 0 Å². The first-order valence-electron chi connectivity index (χ1n) is 9.54. The predicted molar refractivity (Wildman–Crippen MR) is 120 cm³/mol. The average molecular weight is 448 g/mol. The number of halogens is 1. The Hall–Kier alpha value is -3.98. The van der Waals surface area contributed by atoms with E-state index < -0.39 is 11.8 Å². The van der Waals surface area contributed by atoms with E-state index in [0.717, 1.165) is 11.0 Å². The summed E-state index contributed by atoms with van der Waals surface area (Å²) in [6, 6.07) is 19.3. The topological polar surface area (TPSA) is 96.4 Å². The van der Waals surface area contributed by atoms with Gasteiger partial charge in [0.05, 0.1) is 28.6 Å². The number of ether oxygens (including phenoxy) is 1. The second-order valence-electron chi connectivity index (χ2n) is 6.61. The summed E-state index contributed by atoms with van der Waals surface area (Å²) in [5.74, 6) is -0.777. The van der Waals surface area contributed by atoms with E-state index in [-0.39, 0.29) is 17.2 Å². The maximum Gasteiger partial charge on any atom is 0.343 e. The molecular formula is C23H17FN4O3S. The standard InChI is InChI=1S/C23H17FN4O3S/c24-17-9-7-16(8-10-17)22(30)31-18-11-5-15(6-12-18)13-25-28-21(29)14-32-23-26-19-3-1-2-4-20(19)27-23/h1-13H,14H2,(H,26,27)(H,28,29)/b25-13-. The molecule has 0 saturated heterocycles. The van der Waals surface area contributed by atoms with Gasteiger partial charge in [0.25, 0.3) is 5.91 Å². The van der Waals surface area contributed by atoms with Crippen LogP contribution in [0.25, 0.3) is 11.0 Å². The highest BCUT2D eigenvalue weighted by Crippen LogP contribution is 2.19. The van der Waals surface area contributed by atoms with Crippen molar-refractivity contribution in [3.8, 4) is 5.75 Å². The fourth-order valence-corrected chi connectivity index (χ4v) is 3.39. The molecule has 0 spiro atoms. The lowest BCUT2D eigenvalue weighted by Crippen LogP contribution is -2.19. The summed E-state index contributed by atoms with van der Waals surface area (Å²) in [4.78, 5) is 31.6. The highest BCUT2D eigenvalue weighted by molar-refractivity contribution is 7.99. The van der Waals surface area contributed by atoms with Crippen LogP contribution in [0.5, 0.6) is 5.75 Å². The van der Waals surface area contributed by atoms with Crippen molar-refractivity contribution in [2.45, 2.75) is 5.16 Å². The fourth-order valence-electron chi connectivity index (χ4n) is 2.72. The summed E-state index contributed by atoms with van der Waals surface area (Å²) in [6.45, 7) is 0. The second kappa shape index (κ2) is 9.88. The first kappa shape index (κ1) is 21.3. The zero-order chi connectivity index (χ0) is 22.3. The number of rotatable bonds is 7. The minimum absolute atomic E-state index is 0.162. The number of benzene rings is 3. The van der Waals surface area contributed by atoms with Crippen LogP contribution in [-0.2, 0) is 4.79 Å². The number of aromatic nitrogens is 2. The van der Waals surface area contributed by atoms with Gasteiger partial charge in [-0.25, -0.2) is 19.6 Å². The SMILES string of the molecule is O=C(CSc1nc2ccccc2[nH]1)N/N=C\c1ccc(OC(=O)c2ccc(F)cc2)cc1. The number of thioether (sulfide) groups is 1. The molecule has 0 saturated carbocycles. The minimum Gasteiger partial charge on any atom is -0.423 e. The number of hydrogen-bond acceptors (Lipinski definition) is 6. The molecule has 0 atom stereocenters. The summed E-state index contributed by atoms with van der Waals surface area (Å²) >= 11 is 1.29. The number of fused-ring (bicyclic) bond motifs is 1. The maximum absolute atomic E-state index is 12.9. The third-order valence-corrected chi connectivity index (χ3v) is 5.15. The van der Waals surface area contributed by atoms with Gasteiger partial charge in [-0.05, 0) is 66.2 Å². The Bertz CT molecular complexity index is 1240. The summed E-state index contributed by atoms with van der Waals surface area (Å²) in [7, 11) is 0. The lowest BCUT2D eigenvalue weighted by atomic mass is 10.2. The Morgan fingerprint density at radius 2 is 1.81 bits per heavy atom. The lowest BCUT2D eigenvalue weighted by Gasteiger charge is -2.04. The molecule has 1 heterocycles. The van der Waals surface area contributed by atoms with Gasteiger partial charge in [0.15, 0.2) is 5.16 Å². The van der Waals surface area contributed by atoms with E-state index in [2.05, 4.69) is 20.5 Å². The van der Waals surface area contributed by atoms with Gasteiger partial charge in [0, 0.05) is 0 Å². The summed E-state index contributed by atoms with van der Waals surface area (Å²) < 4.78 is 18.2. The van der Waals surface area contributed by atoms with Crippen molar-refractivity contribution in [2.75, 3.05) is 5.75 Å². The van der Waals surface area contributed by atoms with E-state index in [1.807, 2.05) is 24.3 Å². The van der Waals surface area contributed by atoms with Crippen LogP contribution in [0.4, 0.5) is 4.39 Å². The lowest BCUT2D eigenvalue weighted by molar-refractivity contribution is -0.118. The van der Waals surface area contributed by atoms with E-state index in [1.165, 1.54) is 42.2 Å². The van der Waals surface area contributed by atoms with Crippen LogP contribution in [0.1, 0.15) is 15.9 Å². The molecule has 7 nitrogen and oxygen atoms in total. The molecular weight excluding hydrogens is 431 g/mol. The van der Waals surface area contributed by atoms with Gasteiger partial charge in [-0.2, -0.15) is 5.10 Å². The molecule has 0 fully saturated rings. The van der Waals surface area contributed by atoms with Gasteiger partial charge in [-0.1, -0.05) is 23.9 Å². The van der Waals surface area contributed by atoms with Crippen molar-refractivity contribution in [2.24, 2.45) is 5.10 Å². The Morgan fingerprint density at radius 3 is 2.56 bits per heavy atom. The fraction of sp³-hybridized carbons (Fsp3) is 0.0435. The smallest absolute Gasteiger partial charge is 0.343 e. The van der Waals surface area contributed by atoms with Crippen LogP contribution in [0.3, 0.4) is 0 Å². The minimum atomic E-state index is -0.583. The van der Waals surface area contributed by atoms with E-state index in [1.54, 1.807) is 24.3 Å². The van der Waals surface area contributed by atoms with E-state index >= 15 is 0 Å². The number of H-pyrrole nitrogens is 1. The van der Waals surface area contributed by atoms with Gasteiger partial charge in [-0.15, -0.1) is 0 Å². The first-order chi connectivity index (χ1) is 15.6. The summed E-state index contributed by atoms with van der Waals surface area (Å²) in [5, 5.41) is 4.59. The molecule has 4 rings (SSSR count). The number of carbonyl (C=O) groups excluding carboxylic acids is 2. The third kappa shape index (κ3) is 5.58. The second-order valence-corrected chi connectivity index (χ2v) is 7.57. The molecule has 0 aliphatic rings. The number of hydrazone groups is 1. The van der Waals surface area contributed by atoms with Gasteiger partial charge in [0.2, 0.25) is 0 Å². The number of nitrogens with one attached hydrogen (secondary N) is 2. The number of nitrogens with zero attached hydrogens (tertiary/aromatic N) is 2. The first-order valence-corrected chi connectivity index (χ1v) is 10.5. The van der Waals surface area contributed by atoms with Gasteiger partial charge < -0.3 is 9.72 Å². The molecule has 0 radical (unpaired) electrons. The van der Waals surface area contributed by atoms with E-state index in [0.29, 0.717) is 16.5 Å². The quantitative estimate of drug-likeness (QED) is 0.145. The van der Waals surface area contributed by atoms with Crippen molar-refractivity contribution in [3.63, 3.8) is 0 Å². The van der Waals surface area contributed by atoms with Crippen LogP contribution >= 0.6 is 11.8 Å². The van der Waals surface area contributed by atoms with Crippen LogP contribution in [0.2, 0.25) is 0 Å². The summed E-state index contributed by atoms with van der Waals surface area (Å²) in [5.41, 5.74) is 5.18. The zero-order valence-corrected chi connectivity index (χ0v) is 17.4. The third-order valence-electron chi connectivity index (χ3n) is 4.28. The molecule has 0 unspecified atom stereocenters. The van der Waals surface area contributed by atoms with Crippen LogP contribution in [0.15, 0.2) is 83.1 Å². The van der Waals surface area contributed by atoms with Crippen molar-refractivity contribution in [1.82, 2.24) is 15.4 Å². The molecule has 32 heavy (non-hydrogen) atoms. The van der Waals surface area contributed by atoms with E-state index in [9.17, 15) is 14.0 Å². The van der Waals surface area contributed by atoms with Crippen LogP contribution < -0.4 is 10.2 Å². The van der Waals surface area contributed by atoms with Gasteiger partial charge in [0.1, 0.15) is 11.6 Å². The monoisotopic (exact) mass is 448 g/mol. The largest absolute Gasteiger partial charge is 0.423 e. The van der Waals surface area contributed by atoms with Gasteiger partial charge in [-0.3, -0.25) is 4.79 Å².